The first-order chi connectivity index (χ1) is 17.5. The molecule has 0 saturated heterocycles. The molecule has 4 aromatic rings. The van der Waals surface area contributed by atoms with Gasteiger partial charge in [0, 0.05) is 16.3 Å². The molecule has 1 heterocycles. The van der Waals surface area contributed by atoms with E-state index >= 15 is 0 Å². The van der Waals surface area contributed by atoms with Crippen molar-refractivity contribution in [1.29, 1.82) is 0 Å². The maximum atomic E-state index is 11.6. The molecule has 3 aromatic carbocycles. The fraction of sp³-hybridized carbons (Fsp3) is 0.233. The van der Waals surface area contributed by atoms with Crippen molar-refractivity contribution in [3.8, 4) is 0 Å². The van der Waals surface area contributed by atoms with Gasteiger partial charge >= 0.3 is 0 Å². The number of hydrogen-bond acceptors (Lipinski definition) is 5. The summed E-state index contributed by atoms with van der Waals surface area (Å²) < 4.78 is 28.3. The zero-order valence-corrected chi connectivity index (χ0v) is 22.6. The molecule has 0 saturated carbocycles. The van der Waals surface area contributed by atoms with E-state index in [0.29, 0.717) is 11.4 Å². The summed E-state index contributed by atoms with van der Waals surface area (Å²) in [6.07, 6.45) is 5.42. The molecule has 0 fully saturated rings. The topological polar surface area (TPSA) is 76.5 Å². The maximum Gasteiger partial charge on any atom is 0.264 e. The van der Waals surface area contributed by atoms with Crippen molar-refractivity contribution in [3.05, 3.63) is 112 Å². The molecule has 1 aromatic heterocycles. The summed E-state index contributed by atoms with van der Waals surface area (Å²) in [5, 5.41) is 12.5. The van der Waals surface area contributed by atoms with Crippen molar-refractivity contribution < 1.29 is 17.7 Å². The van der Waals surface area contributed by atoms with Gasteiger partial charge in [-0.15, -0.1) is 0 Å². The Balaban J connectivity index is 1.68. The lowest BCUT2D eigenvalue weighted by Gasteiger charge is -2.27. The average molecular weight is 536 g/mol. The highest BCUT2D eigenvalue weighted by Gasteiger charge is 2.25. The molecule has 0 aliphatic heterocycles. The molecule has 192 valence electrons. The third-order valence-electron chi connectivity index (χ3n) is 6.13. The van der Waals surface area contributed by atoms with Crippen LogP contribution < -0.4 is 0 Å². The molecule has 0 aliphatic carbocycles. The second-order valence-corrected chi connectivity index (χ2v) is 11.7. The van der Waals surface area contributed by atoms with Crippen molar-refractivity contribution in [2.75, 3.05) is 12.9 Å². The minimum Gasteiger partial charge on any atom is -0.386 e. The van der Waals surface area contributed by atoms with Gasteiger partial charge in [0.2, 0.25) is 0 Å². The predicted octanol–water partition coefficient (Wildman–Crippen LogP) is 6.78. The Bertz CT molecular complexity index is 1540. The Morgan fingerprint density at radius 2 is 1.76 bits per heavy atom. The standard InChI is InChI=1S/C30H30ClNO4S/c1-30(2,33)28-10-5-4-9-27(28)26(17-18-36-37(3,34)35)23-8-6-7-21(19-23)11-15-25-16-13-22-12-14-24(31)20-29(22)32-25/h4-16,19-20,26,33H,17-18H2,1-3H3/b15-11+/t26-/m0/s1. The number of fused-ring (bicyclic) bond motifs is 1. The summed E-state index contributed by atoms with van der Waals surface area (Å²) in [6.45, 7) is 3.53. The second kappa shape index (κ2) is 11.2. The number of rotatable bonds is 9. The number of benzene rings is 3. The molecule has 4 rings (SSSR count). The van der Waals surface area contributed by atoms with E-state index in [4.69, 9.17) is 15.8 Å². The van der Waals surface area contributed by atoms with E-state index in [9.17, 15) is 13.5 Å². The maximum absolute atomic E-state index is 11.6. The SMILES string of the molecule is CC(C)(O)c1ccccc1[C@@H](CCOS(C)(=O)=O)c1cccc(/C=C/c2ccc3ccc(Cl)cc3n2)c1. The summed E-state index contributed by atoms with van der Waals surface area (Å²) in [6, 6.07) is 25.4. The molecule has 1 N–H and O–H groups in total. The molecule has 37 heavy (non-hydrogen) atoms. The summed E-state index contributed by atoms with van der Waals surface area (Å²) in [5.74, 6) is -0.182. The van der Waals surface area contributed by atoms with Gasteiger partial charge in [-0.05, 0) is 66.8 Å². The van der Waals surface area contributed by atoms with Crippen LogP contribution in [0.4, 0.5) is 0 Å². The van der Waals surface area contributed by atoms with Gasteiger partial charge in [0.1, 0.15) is 0 Å². The normalized spacial score (nSPS) is 13.3. The molecule has 0 bridgehead atoms. The van der Waals surface area contributed by atoms with Crippen LogP contribution in [-0.2, 0) is 19.9 Å². The molecule has 5 nitrogen and oxygen atoms in total. The van der Waals surface area contributed by atoms with Crippen molar-refractivity contribution >= 4 is 44.8 Å². The molecule has 1 atom stereocenters. The van der Waals surface area contributed by atoms with Crippen molar-refractivity contribution in [3.63, 3.8) is 0 Å². The summed E-state index contributed by atoms with van der Waals surface area (Å²) in [7, 11) is -3.56. The molecule has 0 aliphatic rings. The van der Waals surface area contributed by atoms with Crippen LogP contribution in [0.25, 0.3) is 23.1 Å². The fourth-order valence-electron chi connectivity index (χ4n) is 4.44. The van der Waals surface area contributed by atoms with Crippen LogP contribution in [0.15, 0.2) is 78.9 Å². The number of aliphatic hydroxyl groups is 1. The average Bonchev–Trinajstić information content (AvgIpc) is 2.84. The summed E-state index contributed by atoms with van der Waals surface area (Å²) in [5.41, 5.74) is 4.27. The van der Waals surface area contributed by atoms with Crippen LogP contribution >= 0.6 is 11.6 Å². The Morgan fingerprint density at radius 3 is 2.51 bits per heavy atom. The van der Waals surface area contributed by atoms with Crippen LogP contribution in [0.5, 0.6) is 0 Å². The summed E-state index contributed by atoms with van der Waals surface area (Å²) in [4.78, 5) is 4.69. The minimum absolute atomic E-state index is 0.0350. The molecule has 7 heteroatoms. The number of pyridine rings is 1. The molecule has 0 spiro atoms. The third-order valence-corrected chi connectivity index (χ3v) is 6.96. The van der Waals surface area contributed by atoms with E-state index in [0.717, 1.165) is 45.1 Å². The monoisotopic (exact) mass is 535 g/mol. The first kappa shape index (κ1) is 27.0. The van der Waals surface area contributed by atoms with Gasteiger partial charge in [-0.2, -0.15) is 8.42 Å². The quantitative estimate of drug-likeness (QED) is 0.239. The van der Waals surface area contributed by atoms with Gasteiger partial charge in [-0.25, -0.2) is 4.98 Å². The third kappa shape index (κ3) is 7.27. The highest BCUT2D eigenvalue weighted by molar-refractivity contribution is 7.85. The lowest BCUT2D eigenvalue weighted by Crippen LogP contribution is -2.20. The van der Waals surface area contributed by atoms with E-state index in [-0.39, 0.29) is 12.5 Å². The van der Waals surface area contributed by atoms with Crippen LogP contribution in [0.2, 0.25) is 5.02 Å². The second-order valence-electron chi connectivity index (χ2n) is 9.59. The van der Waals surface area contributed by atoms with E-state index < -0.39 is 15.7 Å². The van der Waals surface area contributed by atoms with E-state index in [1.54, 1.807) is 13.8 Å². The van der Waals surface area contributed by atoms with Gasteiger partial charge in [-0.1, -0.05) is 78.3 Å². The molecular formula is C30H30ClNO4S. The van der Waals surface area contributed by atoms with Gasteiger partial charge < -0.3 is 5.11 Å². The number of halogens is 1. The largest absolute Gasteiger partial charge is 0.386 e. The molecule has 0 unspecified atom stereocenters. The van der Waals surface area contributed by atoms with E-state index in [1.807, 2.05) is 84.9 Å². The Labute approximate surface area is 223 Å². The van der Waals surface area contributed by atoms with Crippen LogP contribution in [-0.4, -0.2) is 31.4 Å². The van der Waals surface area contributed by atoms with Gasteiger partial charge in [0.15, 0.2) is 0 Å². The van der Waals surface area contributed by atoms with Gasteiger partial charge in [0.05, 0.1) is 29.7 Å². The van der Waals surface area contributed by atoms with Crippen LogP contribution in [0, 0.1) is 0 Å². The number of hydrogen-bond donors (Lipinski definition) is 1. The first-order valence-corrected chi connectivity index (χ1v) is 14.2. The summed E-state index contributed by atoms with van der Waals surface area (Å²) >= 11 is 6.13. The number of aromatic nitrogens is 1. The Kier molecular flexibility index (Phi) is 8.14. The minimum atomic E-state index is -3.56. The first-order valence-electron chi connectivity index (χ1n) is 12.0. The highest BCUT2D eigenvalue weighted by atomic mass is 35.5. The fourth-order valence-corrected chi connectivity index (χ4v) is 5.00. The van der Waals surface area contributed by atoms with E-state index in [2.05, 4.69) is 11.1 Å². The van der Waals surface area contributed by atoms with Crippen molar-refractivity contribution in [2.45, 2.75) is 31.8 Å². The van der Waals surface area contributed by atoms with E-state index in [1.165, 1.54) is 0 Å². The molecule has 0 radical (unpaired) electrons. The lowest BCUT2D eigenvalue weighted by atomic mass is 9.81. The number of nitrogens with zero attached hydrogens (tertiary/aromatic N) is 1. The zero-order valence-electron chi connectivity index (χ0n) is 21.1. The zero-order chi connectivity index (χ0) is 26.6. The molecule has 0 amide bonds. The Morgan fingerprint density at radius 1 is 1.00 bits per heavy atom. The van der Waals surface area contributed by atoms with Gasteiger partial charge in [0.25, 0.3) is 10.1 Å². The van der Waals surface area contributed by atoms with Crippen molar-refractivity contribution in [1.82, 2.24) is 4.98 Å². The van der Waals surface area contributed by atoms with Crippen LogP contribution in [0.3, 0.4) is 0 Å². The predicted molar refractivity (Wildman–Crippen MR) is 151 cm³/mol. The molecular weight excluding hydrogens is 506 g/mol. The Hall–Kier alpha value is -3.03. The highest BCUT2D eigenvalue weighted by Crippen LogP contribution is 2.35. The lowest BCUT2D eigenvalue weighted by molar-refractivity contribution is 0.0772. The van der Waals surface area contributed by atoms with Crippen molar-refractivity contribution in [2.24, 2.45) is 0 Å². The smallest absolute Gasteiger partial charge is 0.264 e. The van der Waals surface area contributed by atoms with Gasteiger partial charge in [-0.3, -0.25) is 4.18 Å². The van der Waals surface area contributed by atoms with Crippen LogP contribution in [0.1, 0.15) is 54.1 Å².